The smallest absolute Gasteiger partial charge is 0.199 e. The van der Waals surface area contributed by atoms with E-state index in [1.54, 1.807) is 7.11 Å². The minimum atomic E-state index is 0.0429. The first kappa shape index (κ1) is 13.6. The van der Waals surface area contributed by atoms with E-state index in [2.05, 4.69) is 0 Å². The Kier molecular flexibility index (Phi) is 3.90. The molecule has 0 N–H and O–H groups in total. The molecule has 0 unspecified atom stereocenters. The SMILES string of the molecule is COc1ccc2c(C)c(C(=O)CCN(C)C)oc2c1. The van der Waals surface area contributed by atoms with E-state index >= 15 is 0 Å². The van der Waals surface area contributed by atoms with Crippen molar-refractivity contribution in [2.24, 2.45) is 0 Å². The summed E-state index contributed by atoms with van der Waals surface area (Å²) >= 11 is 0. The molecule has 0 radical (unpaired) electrons. The van der Waals surface area contributed by atoms with Gasteiger partial charge in [0, 0.05) is 30.0 Å². The Labute approximate surface area is 112 Å². The quantitative estimate of drug-likeness (QED) is 0.776. The molecule has 0 aliphatic rings. The number of carbonyl (C=O) groups is 1. The van der Waals surface area contributed by atoms with Gasteiger partial charge in [0.1, 0.15) is 11.3 Å². The number of ketones is 1. The second kappa shape index (κ2) is 5.45. The molecule has 1 aromatic heterocycles. The molecule has 1 aromatic carbocycles. The number of benzene rings is 1. The van der Waals surface area contributed by atoms with Gasteiger partial charge in [0.15, 0.2) is 11.5 Å². The molecule has 0 aliphatic carbocycles. The molecule has 0 bridgehead atoms. The van der Waals surface area contributed by atoms with Crippen LogP contribution in [0.1, 0.15) is 22.5 Å². The highest BCUT2D eigenvalue weighted by atomic mass is 16.5. The van der Waals surface area contributed by atoms with Crippen molar-refractivity contribution in [3.8, 4) is 5.75 Å². The first-order valence-electron chi connectivity index (χ1n) is 6.28. The summed E-state index contributed by atoms with van der Waals surface area (Å²) in [6.07, 6.45) is 0.463. The Hall–Kier alpha value is -1.81. The summed E-state index contributed by atoms with van der Waals surface area (Å²) in [6, 6.07) is 5.61. The molecule has 102 valence electrons. The van der Waals surface area contributed by atoms with Crippen LogP contribution in [0.25, 0.3) is 11.0 Å². The van der Waals surface area contributed by atoms with E-state index < -0.39 is 0 Å². The molecule has 0 fully saturated rings. The summed E-state index contributed by atoms with van der Waals surface area (Å²) in [5.74, 6) is 1.24. The number of ether oxygens (including phenoxy) is 1. The lowest BCUT2D eigenvalue weighted by atomic mass is 10.1. The summed E-state index contributed by atoms with van der Waals surface area (Å²) < 4.78 is 10.8. The van der Waals surface area contributed by atoms with Gasteiger partial charge in [-0.05, 0) is 33.2 Å². The molecule has 0 amide bonds. The van der Waals surface area contributed by atoms with E-state index in [-0.39, 0.29) is 5.78 Å². The van der Waals surface area contributed by atoms with Crippen molar-refractivity contribution in [1.29, 1.82) is 0 Å². The normalized spacial score (nSPS) is 11.2. The van der Waals surface area contributed by atoms with E-state index in [0.29, 0.717) is 17.8 Å². The summed E-state index contributed by atoms with van der Waals surface area (Å²) in [5, 5.41) is 0.967. The van der Waals surface area contributed by atoms with Crippen LogP contribution in [-0.2, 0) is 0 Å². The molecule has 0 spiro atoms. The van der Waals surface area contributed by atoms with Crippen molar-refractivity contribution < 1.29 is 13.9 Å². The van der Waals surface area contributed by atoms with Crippen LogP contribution in [-0.4, -0.2) is 38.4 Å². The highest BCUT2D eigenvalue weighted by molar-refractivity contribution is 6.00. The van der Waals surface area contributed by atoms with Gasteiger partial charge < -0.3 is 14.1 Å². The number of furan rings is 1. The van der Waals surface area contributed by atoms with Crippen LogP contribution in [0.4, 0.5) is 0 Å². The third kappa shape index (κ3) is 2.79. The monoisotopic (exact) mass is 261 g/mol. The number of hydrogen-bond donors (Lipinski definition) is 0. The average molecular weight is 261 g/mol. The fourth-order valence-electron chi connectivity index (χ4n) is 2.04. The van der Waals surface area contributed by atoms with Gasteiger partial charge in [-0.3, -0.25) is 4.79 Å². The van der Waals surface area contributed by atoms with Crippen molar-refractivity contribution in [3.05, 3.63) is 29.5 Å². The second-order valence-corrected chi connectivity index (χ2v) is 4.89. The molecular weight excluding hydrogens is 242 g/mol. The van der Waals surface area contributed by atoms with Crippen LogP contribution in [0.5, 0.6) is 5.75 Å². The summed E-state index contributed by atoms with van der Waals surface area (Å²) in [5.41, 5.74) is 1.60. The first-order valence-corrected chi connectivity index (χ1v) is 6.28. The average Bonchev–Trinajstić information content (AvgIpc) is 2.72. The minimum absolute atomic E-state index is 0.0429. The second-order valence-electron chi connectivity index (χ2n) is 4.89. The number of aryl methyl sites for hydroxylation is 1. The van der Waals surface area contributed by atoms with E-state index in [9.17, 15) is 4.79 Å². The van der Waals surface area contributed by atoms with Gasteiger partial charge in [-0.15, -0.1) is 0 Å². The van der Waals surface area contributed by atoms with E-state index in [4.69, 9.17) is 9.15 Å². The standard InChI is InChI=1S/C15H19NO3/c1-10-12-6-5-11(18-4)9-14(12)19-15(10)13(17)7-8-16(2)3/h5-6,9H,7-8H2,1-4H3. The number of carbonyl (C=O) groups excluding carboxylic acids is 1. The summed E-state index contributed by atoms with van der Waals surface area (Å²) in [6.45, 7) is 2.64. The summed E-state index contributed by atoms with van der Waals surface area (Å²) in [4.78, 5) is 14.1. The lowest BCUT2D eigenvalue weighted by molar-refractivity contribution is 0.0947. The number of methoxy groups -OCH3 is 1. The summed E-state index contributed by atoms with van der Waals surface area (Å²) in [7, 11) is 5.51. The van der Waals surface area contributed by atoms with Crippen molar-refractivity contribution >= 4 is 16.8 Å². The van der Waals surface area contributed by atoms with E-state index in [0.717, 1.165) is 23.2 Å². The number of fused-ring (bicyclic) bond motifs is 1. The molecule has 1 heterocycles. The molecule has 0 saturated heterocycles. The van der Waals surface area contributed by atoms with Gasteiger partial charge >= 0.3 is 0 Å². The molecule has 0 aliphatic heterocycles. The maximum atomic E-state index is 12.1. The van der Waals surface area contributed by atoms with Crippen LogP contribution in [0, 0.1) is 6.92 Å². The van der Waals surface area contributed by atoms with Crippen LogP contribution in [0.3, 0.4) is 0 Å². The van der Waals surface area contributed by atoms with E-state index in [1.165, 1.54) is 0 Å². The first-order chi connectivity index (χ1) is 9.02. The van der Waals surface area contributed by atoms with Crippen molar-refractivity contribution in [1.82, 2.24) is 4.90 Å². The Balaban J connectivity index is 2.33. The van der Waals surface area contributed by atoms with Crippen LogP contribution < -0.4 is 4.74 Å². The Morgan fingerprint density at radius 2 is 2.11 bits per heavy atom. The Morgan fingerprint density at radius 1 is 1.37 bits per heavy atom. The highest BCUT2D eigenvalue weighted by Gasteiger charge is 2.17. The number of nitrogens with zero attached hydrogens (tertiary/aromatic N) is 1. The van der Waals surface area contributed by atoms with Gasteiger partial charge in [0.2, 0.25) is 0 Å². The maximum Gasteiger partial charge on any atom is 0.199 e. The molecule has 0 saturated carbocycles. The largest absolute Gasteiger partial charge is 0.497 e. The topological polar surface area (TPSA) is 42.7 Å². The molecule has 4 heteroatoms. The molecule has 2 rings (SSSR count). The third-order valence-electron chi connectivity index (χ3n) is 3.18. The number of Topliss-reactive ketones (excluding diaryl/α,β-unsaturated/α-hetero) is 1. The van der Waals surface area contributed by atoms with Crippen LogP contribution in [0.2, 0.25) is 0 Å². The highest BCUT2D eigenvalue weighted by Crippen LogP contribution is 2.29. The van der Waals surface area contributed by atoms with Crippen molar-refractivity contribution in [2.75, 3.05) is 27.7 Å². The van der Waals surface area contributed by atoms with Crippen molar-refractivity contribution in [2.45, 2.75) is 13.3 Å². The lowest BCUT2D eigenvalue weighted by Gasteiger charge is -2.07. The molecule has 0 atom stereocenters. The van der Waals surface area contributed by atoms with Gasteiger partial charge in [-0.25, -0.2) is 0 Å². The van der Waals surface area contributed by atoms with Gasteiger partial charge in [0.05, 0.1) is 7.11 Å². The maximum absolute atomic E-state index is 12.1. The van der Waals surface area contributed by atoms with Crippen LogP contribution >= 0.6 is 0 Å². The van der Waals surface area contributed by atoms with Crippen molar-refractivity contribution in [3.63, 3.8) is 0 Å². The zero-order valence-electron chi connectivity index (χ0n) is 11.8. The van der Waals surface area contributed by atoms with E-state index in [1.807, 2.05) is 44.1 Å². The number of hydrogen-bond acceptors (Lipinski definition) is 4. The predicted molar refractivity (Wildman–Crippen MR) is 75.0 cm³/mol. The Bertz CT molecular complexity index is 599. The molecular formula is C15H19NO3. The molecule has 19 heavy (non-hydrogen) atoms. The number of rotatable bonds is 5. The van der Waals surface area contributed by atoms with Gasteiger partial charge in [0.25, 0.3) is 0 Å². The van der Waals surface area contributed by atoms with Crippen LogP contribution in [0.15, 0.2) is 22.6 Å². The predicted octanol–water partition coefficient (Wildman–Crippen LogP) is 2.88. The van der Waals surface area contributed by atoms with Gasteiger partial charge in [-0.2, -0.15) is 0 Å². The molecule has 2 aromatic rings. The fourth-order valence-corrected chi connectivity index (χ4v) is 2.04. The zero-order chi connectivity index (χ0) is 14.0. The lowest BCUT2D eigenvalue weighted by Crippen LogP contribution is -2.16. The fraction of sp³-hybridized carbons (Fsp3) is 0.400. The Morgan fingerprint density at radius 3 is 2.74 bits per heavy atom. The third-order valence-corrected chi connectivity index (χ3v) is 3.18. The van der Waals surface area contributed by atoms with Gasteiger partial charge in [-0.1, -0.05) is 0 Å². The zero-order valence-corrected chi connectivity index (χ0v) is 11.8. The molecule has 4 nitrogen and oxygen atoms in total. The minimum Gasteiger partial charge on any atom is -0.497 e.